The van der Waals surface area contributed by atoms with Gasteiger partial charge in [-0.15, -0.1) is 24.8 Å². The Bertz CT molecular complexity index is 933. The van der Waals surface area contributed by atoms with Crippen molar-refractivity contribution in [1.82, 2.24) is 19.4 Å². The molecule has 0 amide bonds. The topological polar surface area (TPSA) is 49.7 Å². The Balaban J connectivity index is 0.00000130. The molecule has 5 heterocycles. The first kappa shape index (κ1) is 24.8. The van der Waals surface area contributed by atoms with Crippen LogP contribution in [0.2, 0.25) is 0 Å². The molecule has 2 aromatic rings. The number of nitrogens with zero attached hydrogens (tertiary/aromatic N) is 6. The van der Waals surface area contributed by atoms with Crippen molar-refractivity contribution in [2.45, 2.75) is 57.9 Å². The van der Waals surface area contributed by atoms with Crippen LogP contribution in [0.3, 0.4) is 0 Å². The summed E-state index contributed by atoms with van der Waals surface area (Å²) in [7, 11) is 0. The molecule has 7 nitrogen and oxygen atoms in total. The highest BCUT2D eigenvalue weighted by molar-refractivity contribution is 5.94. The molecule has 9 heteroatoms. The van der Waals surface area contributed by atoms with E-state index in [9.17, 15) is 0 Å². The third kappa shape index (κ3) is 4.79. The molecule has 0 aromatic carbocycles. The van der Waals surface area contributed by atoms with Gasteiger partial charge in [0.15, 0.2) is 0 Å². The van der Waals surface area contributed by atoms with Crippen LogP contribution in [-0.2, 0) is 24.1 Å². The fourth-order valence-corrected chi connectivity index (χ4v) is 6.00. The molecule has 3 fully saturated rings. The minimum absolute atomic E-state index is 0. The molecule has 0 atom stereocenters. The minimum atomic E-state index is 0. The quantitative estimate of drug-likeness (QED) is 0.628. The van der Waals surface area contributed by atoms with Crippen molar-refractivity contribution in [3.05, 3.63) is 11.3 Å². The van der Waals surface area contributed by atoms with Crippen molar-refractivity contribution in [3.63, 3.8) is 0 Å². The maximum absolute atomic E-state index is 5.56. The second-order valence-corrected chi connectivity index (χ2v) is 9.67. The number of aromatic nitrogens is 3. The number of rotatable bonds is 5. The molecule has 0 saturated carbocycles. The summed E-state index contributed by atoms with van der Waals surface area (Å²) in [6, 6.07) is 0. The Hall–Kier alpha value is -1.28. The molecule has 6 rings (SSSR count). The van der Waals surface area contributed by atoms with Gasteiger partial charge in [0.25, 0.3) is 0 Å². The zero-order chi connectivity index (χ0) is 20.6. The lowest BCUT2D eigenvalue weighted by molar-refractivity contribution is 0.0364. The molecule has 2 aromatic heterocycles. The van der Waals surface area contributed by atoms with Crippen LogP contribution in [0, 0.1) is 0 Å². The van der Waals surface area contributed by atoms with Crippen LogP contribution in [0.4, 0.5) is 11.8 Å². The van der Waals surface area contributed by atoms with Crippen molar-refractivity contribution in [2.24, 2.45) is 0 Å². The van der Waals surface area contributed by atoms with E-state index in [1.54, 1.807) is 11.3 Å². The van der Waals surface area contributed by atoms with Gasteiger partial charge in [-0.2, -0.15) is 9.97 Å². The lowest BCUT2D eigenvalue weighted by Gasteiger charge is -2.27. The summed E-state index contributed by atoms with van der Waals surface area (Å²) in [5, 5.41) is 1.38. The van der Waals surface area contributed by atoms with E-state index in [4.69, 9.17) is 14.7 Å². The summed E-state index contributed by atoms with van der Waals surface area (Å²) < 4.78 is 8.15. The van der Waals surface area contributed by atoms with Crippen LogP contribution in [-0.4, -0.2) is 78.5 Å². The Morgan fingerprint density at radius 2 is 1.36 bits per heavy atom. The van der Waals surface area contributed by atoms with Crippen LogP contribution in [0.1, 0.15) is 49.8 Å². The summed E-state index contributed by atoms with van der Waals surface area (Å²) >= 11 is 0. The molecular formula is C24H38Cl2N6O. The molecule has 0 unspecified atom stereocenters. The predicted molar refractivity (Wildman–Crippen MR) is 139 cm³/mol. The highest BCUT2D eigenvalue weighted by Crippen LogP contribution is 2.38. The van der Waals surface area contributed by atoms with Crippen LogP contribution in [0.15, 0.2) is 0 Å². The van der Waals surface area contributed by atoms with E-state index < -0.39 is 0 Å². The summed E-state index contributed by atoms with van der Waals surface area (Å²) in [5.74, 6) is 2.20. The zero-order valence-corrected chi connectivity index (χ0v) is 21.3. The summed E-state index contributed by atoms with van der Waals surface area (Å²) in [6.07, 6.45) is 10.0. The number of aryl methyl sites for hydroxylation is 1. The number of hydrogen-bond acceptors (Lipinski definition) is 6. The first-order valence-corrected chi connectivity index (χ1v) is 12.6. The number of fused-ring (bicyclic) bond motifs is 3. The molecule has 0 radical (unpaired) electrons. The van der Waals surface area contributed by atoms with Gasteiger partial charge in [0, 0.05) is 58.1 Å². The average Bonchev–Trinajstić information content (AvgIpc) is 3.59. The fourth-order valence-electron chi connectivity index (χ4n) is 6.00. The van der Waals surface area contributed by atoms with Crippen molar-refractivity contribution < 1.29 is 4.74 Å². The molecule has 3 saturated heterocycles. The van der Waals surface area contributed by atoms with E-state index >= 15 is 0 Å². The van der Waals surface area contributed by atoms with Crippen LogP contribution in [0.5, 0.6) is 0 Å². The number of halogens is 2. The van der Waals surface area contributed by atoms with E-state index in [2.05, 4.69) is 19.3 Å². The molecule has 4 aliphatic rings. The molecular weight excluding hydrogens is 459 g/mol. The van der Waals surface area contributed by atoms with Crippen LogP contribution in [0.25, 0.3) is 11.0 Å². The van der Waals surface area contributed by atoms with Crippen LogP contribution >= 0.6 is 24.8 Å². The van der Waals surface area contributed by atoms with Crippen molar-refractivity contribution >= 4 is 47.6 Å². The largest absolute Gasteiger partial charge is 0.379 e. The van der Waals surface area contributed by atoms with Crippen molar-refractivity contribution in [1.29, 1.82) is 0 Å². The first-order valence-electron chi connectivity index (χ1n) is 12.6. The standard InChI is InChI=1S/C24H36N6O.2ClH/c1-2-8-20-19(7-1)21-22(28-9-3-4-10-28)25-24(29-11-5-6-12-29)26-23(21)30(20)14-13-27-15-17-31-18-16-27;;/h1-18H2;2*1H. The first-order chi connectivity index (χ1) is 15.4. The second kappa shape index (κ2) is 11.0. The Morgan fingerprint density at radius 3 is 2.09 bits per heavy atom. The predicted octanol–water partition coefficient (Wildman–Crippen LogP) is 3.69. The Kier molecular flexibility index (Phi) is 8.26. The van der Waals surface area contributed by atoms with Gasteiger partial charge in [-0.25, -0.2) is 0 Å². The number of hydrogen-bond donors (Lipinski definition) is 0. The van der Waals surface area contributed by atoms with Gasteiger partial charge in [-0.05, 0) is 56.9 Å². The molecule has 0 bridgehead atoms. The maximum Gasteiger partial charge on any atom is 0.229 e. The zero-order valence-electron chi connectivity index (χ0n) is 19.6. The van der Waals surface area contributed by atoms with Gasteiger partial charge >= 0.3 is 0 Å². The minimum Gasteiger partial charge on any atom is -0.379 e. The third-order valence-electron chi connectivity index (χ3n) is 7.72. The summed E-state index contributed by atoms with van der Waals surface area (Å²) in [6.45, 7) is 10.4. The van der Waals surface area contributed by atoms with Crippen molar-refractivity contribution in [3.8, 4) is 0 Å². The molecule has 0 spiro atoms. The van der Waals surface area contributed by atoms with E-state index in [1.807, 2.05) is 0 Å². The van der Waals surface area contributed by atoms with Gasteiger partial charge in [0.05, 0.1) is 18.6 Å². The molecule has 3 aliphatic heterocycles. The monoisotopic (exact) mass is 496 g/mol. The van der Waals surface area contributed by atoms with E-state index in [0.29, 0.717) is 0 Å². The number of ether oxygens (including phenoxy) is 1. The highest BCUT2D eigenvalue weighted by atomic mass is 35.5. The van der Waals surface area contributed by atoms with E-state index in [-0.39, 0.29) is 24.8 Å². The number of anilines is 2. The van der Waals surface area contributed by atoms with Gasteiger partial charge in [0.1, 0.15) is 11.5 Å². The smallest absolute Gasteiger partial charge is 0.229 e. The lowest BCUT2D eigenvalue weighted by Crippen LogP contribution is -2.38. The Labute approximate surface area is 209 Å². The summed E-state index contributed by atoms with van der Waals surface area (Å²) in [4.78, 5) is 18.0. The second-order valence-electron chi connectivity index (χ2n) is 9.67. The molecule has 33 heavy (non-hydrogen) atoms. The molecule has 184 valence electrons. The molecule has 1 aliphatic carbocycles. The normalized spacial score (nSPS) is 21.2. The SMILES string of the molecule is C1CCc2c(c3c(N4CCCC4)nc(N4CCCC4)nc3n2CCN2CCOCC2)C1.Cl.Cl. The number of morpholine rings is 1. The van der Waals surface area contributed by atoms with E-state index in [1.165, 1.54) is 68.2 Å². The fraction of sp³-hybridized carbons (Fsp3) is 0.750. The summed E-state index contributed by atoms with van der Waals surface area (Å²) in [5.41, 5.74) is 4.31. The Morgan fingerprint density at radius 1 is 0.697 bits per heavy atom. The average molecular weight is 498 g/mol. The van der Waals surface area contributed by atoms with Crippen molar-refractivity contribution in [2.75, 3.05) is 68.8 Å². The van der Waals surface area contributed by atoms with E-state index in [0.717, 1.165) is 71.5 Å². The highest BCUT2D eigenvalue weighted by Gasteiger charge is 2.29. The van der Waals surface area contributed by atoms with Gasteiger partial charge in [-0.3, -0.25) is 4.90 Å². The molecule has 0 N–H and O–H groups in total. The maximum atomic E-state index is 5.56. The van der Waals surface area contributed by atoms with Crippen LogP contribution < -0.4 is 9.80 Å². The van der Waals surface area contributed by atoms with Gasteiger partial charge in [-0.1, -0.05) is 0 Å². The van der Waals surface area contributed by atoms with Gasteiger partial charge in [0.2, 0.25) is 5.95 Å². The van der Waals surface area contributed by atoms with Gasteiger partial charge < -0.3 is 19.1 Å². The third-order valence-corrected chi connectivity index (χ3v) is 7.72. The lowest BCUT2D eigenvalue weighted by atomic mass is 9.96.